The number of hydrogen-bond acceptors (Lipinski definition) is 4. The van der Waals surface area contributed by atoms with Crippen molar-refractivity contribution in [2.24, 2.45) is 0 Å². The second-order valence-electron chi connectivity index (χ2n) is 6.90. The lowest BCUT2D eigenvalue weighted by Gasteiger charge is -2.31. The Morgan fingerprint density at radius 2 is 2.00 bits per heavy atom. The second kappa shape index (κ2) is 7.79. The van der Waals surface area contributed by atoms with E-state index in [9.17, 15) is 4.39 Å². The average molecular weight is 351 g/mol. The molecule has 0 unspecified atom stereocenters. The molecule has 3 aromatic rings. The molecule has 3 heterocycles. The van der Waals surface area contributed by atoms with E-state index < -0.39 is 0 Å². The number of likely N-dealkylation sites (tertiary alicyclic amines) is 1. The molecule has 1 aliphatic heterocycles. The Bertz CT molecular complexity index is 832. The van der Waals surface area contributed by atoms with Crippen molar-refractivity contribution in [1.82, 2.24) is 14.9 Å². The minimum atomic E-state index is -0.220. The number of hydrogen-bond donors (Lipinski definition) is 0. The number of piperidine rings is 1. The lowest BCUT2D eigenvalue weighted by Crippen LogP contribution is -2.34. The summed E-state index contributed by atoms with van der Waals surface area (Å²) >= 11 is 0. The summed E-state index contributed by atoms with van der Waals surface area (Å²) in [5, 5.41) is 0. The van der Waals surface area contributed by atoms with E-state index in [0.29, 0.717) is 12.3 Å². The third-order valence-electron chi connectivity index (χ3n) is 4.85. The second-order valence-corrected chi connectivity index (χ2v) is 6.90. The zero-order valence-electron chi connectivity index (χ0n) is 14.6. The molecule has 134 valence electrons. The maximum atomic E-state index is 13.0. The van der Waals surface area contributed by atoms with Gasteiger partial charge in [-0.25, -0.2) is 9.37 Å². The molecule has 0 aliphatic carbocycles. The highest BCUT2D eigenvalue weighted by molar-refractivity contribution is 5.20. The van der Waals surface area contributed by atoms with Gasteiger partial charge in [0, 0.05) is 37.8 Å². The molecular weight excluding hydrogens is 329 g/mol. The van der Waals surface area contributed by atoms with Crippen LogP contribution in [-0.2, 0) is 13.0 Å². The molecule has 0 bridgehead atoms. The molecule has 1 saturated heterocycles. The fraction of sp³-hybridized carbons (Fsp3) is 0.333. The molecule has 0 N–H and O–H groups in total. The first-order valence-corrected chi connectivity index (χ1v) is 9.06. The van der Waals surface area contributed by atoms with Crippen LogP contribution in [0.1, 0.15) is 41.5 Å². The molecule has 4 nitrogen and oxygen atoms in total. The van der Waals surface area contributed by atoms with Gasteiger partial charge in [-0.05, 0) is 48.7 Å². The molecule has 0 saturated carbocycles. The topological polar surface area (TPSA) is 42.2 Å². The highest BCUT2D eigenvalue weighted by Crippen LogP contribution is 2.28. The van der Waals surface area contributed by atoms with Gasteiger partial charge in [0.25, 0.3) is 0 Å². The van der Waals surface area contributed by atoms with Crippen LogP contribution in [0, 0.1) is 5.82 Å². The van der Waals surface area contributed by atoms with E-state index in [-0.39, 0.29) is 5.82 Å². The number of nitrogens with zero attached hydrogens (tertiary/aromatic N) is 3. The predicted octanol–water partition coefficient (Wildman–Crippen LogP) is 4.18. The summed E-state index contributed by atoms with van der Waals surface area (Å²) in [6, 6.07) is 10.6. The van der Waals surface area contributed by atoms with Crippen molar-refractivity contribution in [1.29, 1.82) is 0 Å². The maximum absolute atomic E-state index is 13.0. The van der Waals surface area contributed by atoms with Crippen LogP contribution in [0.3, 0.4) is 0 Å². The van der Waals surface area contributed by atoms with E-state index in [4.69, 9.17) is 4.42 Å². The van der Waals surface area contributed by atoms with Crippen molar-refractivity contribution in [3.63, 3.8) is 0 Å². The van der Waals surface area contributed by atoms with Gasteiger partial charge in [0.2, 0.25) is 0 Å². The molecular formula is C21H22FN3O. The molecule has 0 spiro atoms. The Morgan fingerprint density at radius 3 is 2.81 bits per heavy atom. The van der Waals surface area contributed by atoms with Gasteiger partial charge in [0.1, 0.15) is 11.6 Å². The Labute approximate surface area is 152 Å². The number of oxazole rings is 1. The highest BCUT2D eigenvalue weighted by Gasteiger charge is 2.25. The van der Waals surface area contributed by atoms with Gasteiger partial charge in [0.05, 0.1) is 6.20 Å². The highest BCUT2D eigenvalue weighted by atomic mass is 19.1. The fourth-order valence-corrected chi connectivity index (χ4v) is 3.55. The minimum Gasteiger partial charge on any atom is -0.445 e. The van der Waals surface area contributed by atoms with Crippen molar-refractivity contribution in [2.75, 3.05) is 13.1 Å². The molecule has 26 heavy (non-hydrogen) atoms. The summed E-state index contributed by atoms with van der Waals surface area (Å²) in [6.07, 6.45) is 8.41. The van der Waals surface area contributed by atoms with Crippen LogP contribution < -0.4 is 0 Å². The third kappa shape index (κ3) is 4.17. The van der Waals surface area contributed by atoms with E-state index in [1.54, 1.807) is 24.5 Å². The lowest BCUT2D eigenvalue weighted by molar-refractivity contribution is 0.185. The summed E-state index contributed by atoms with van der Waals surface area (Å²) < 4.78 is 19.0. The minimum absolute atomic E-state index is 0.220. The van der Waals surface area contributed by atoms with Crippen LogP contribution in [0.15, 0.2) is 59.4 Å². The first-order valence-electron chi connectivity index (χ1n) is 9.06. The molecule has 5 heteroatoms. The summed E-state index contributed by atoms with van der Waals surface area (Å²) in [5.74, 6) is 1.75. The molecule has 4 rings (SSSR count). The molecule has 0 amide bonds. The zero-order valence-corrected chi connectivity index (χ0v) is 14.6. The van der Waals surface area contributed by atoms with Crippen LogP contribution in [0.25, 0.3) is 0 Å². The Kier molecular flexibility index (Phi) is 5.07. The summed E-state index contributed by atoms with van der Waals surface area (Å²) in [6.45, 7) is 2.95. The maximum Gasteiger partial charge on any atom is 0.198 e. The number of benzene rings is 1. The molecule has 1 atom stereocenters. The molecule has 1 aromatic carbocycles. The van der Waals surface area contributed by atoms with Crippen LogP contribution in [-0.4, -0.2) is 28.0 Å². The van der Waals surface area contributed by atoms with Gasteiger partial charge in [-0.15, -0.1) is 0 Å². The van der Waals surface area contributed by atoms with E-state index in [2.05, 4.69) is 20.9 Å². The van der Waals surface area contributed by atoms with E-state index >= 15 is 0 Å². The van der Waals surface area contributed by atoms with Gasteiger partial charge in [-0.1, -0.05) is 18.2 Å². The van der Waals surface area contributed by atoms with Crippen LogP contribution in [0.2, 0.25) is 0 Å². The monoisotopic (exact) mass is 351 g/mol. The van der Waals surface area contributed by atoms with Crippen molar-refractivity contribution < 1.29 is 8.81 Å². The normalized spacial score (nSPS) is 18.1. The summed E-state index contributed by atoms with van der Waals surface area (Å²) in [5.41, 5.74) is 2.26. The van der Waals surface area contributed by atoms with E-state index in [1.807, 2.05) is 12.3 Å². The van der Waals surface area contributed by atoms with Gasteiger partial charge in [-0.2, -0.15) is 0 Å². The number of aromatic nitrogens is 2. The smallest absolute Gasteiger partial charge is 0.198 e. The van der Waals surface area contributed by atoms with Crippen LogP contribution in [0.4, 0.5) is 4.39 Å². The van der Waals surface area contributed by atoms with Crippen molar-refractivity contribution in [3.05, 3.63) is 83.6 Å². The quantitative estimate of drug-likeness (QED) is 0.692. The molecule has 1 fully saturated rings. The number of pyridine rings is 1. The van der Waals surface area contributed by atoms with Gasteiger partial charge in [0.15, 0.2) is 5.89 Å². The first-order chi connectivity index (χ1) is 12.8. The number of halogens is 1. The Balaban J connectivity index is 1.39. The van der Waals surface area contributed by atoms with Crippen molar-refractivity contribution >= 4 is 0 Å². The predicted molar refractivity (Wildman–Crippen MR) is 97.2 cm³/mol. The molecule has 0 radical (unpaired) electrons. The van der Waals surface area contributed by atoms with E-state index in [0.717, 1.165) is 49.7 Å². The van der Waals surface area contributed by atoms with Gasteiger partial charge < -0.3 is 4.42 Å². The largest absolute Gasteiger partial charge is 0.445 e. The third-order valence-corrected chi connectivity index (χ3v) is 4.85. The van der Waals surface area contributed by atoms with Gasteiger partial charge in [-0.3, -0.25) is 9.88 Å². The van der Waals surface area contributed by atoms with Crippen LogP contribution in [0.5, 0.6) is 0 Å². The Morgan fingerprint density at radius 1 is 1.12 bits per heavy atom. The zero-order chi connectivity index (χ0) is 17.8. The SMILES string of the molecule is Fc1ccc(Cc2cnc([C@H]3CCCN(Cc4cccnc4)C3)o2)cc1. The summed E-state index contributed by atoms with van der Waals surface area (Å²) in [4.78, 5) is 11.1. The molecule has 2 aromatic heterocycles. The molecule has 1 aliphatic rings. The van der Waals surface area contributed by atoms with Crippen molar-refractivity contribution in [2.45, 2.75) is 31.7 Å². The van der Waals surface area contributed by atoms with E-state index in [1.165, 1.54) is 17.7 Å². The summed E-state index contributed by atoms with van der Waals surface area (Å²) in [7, 11) is 0. The Hall–Kier alpha value is -2.53. The lowest BCUT2D eigenvalue weighted by atomic mass is 9.97. The van der Waals surface area contributed by atoms with Crippen LogP contribution >= 0.6 is 0 Å². The standard InChI is InChI=1S/C21H22FN3O/c22-19-7-5-16(6-8-19)11-20-13-24-21(26-20)18-4-2-10-25(15-18)14-17-3-1-9-23-12-17/h1,3,5-9,12-13,18H,2,4,10-11,14-15H2/t18-/m0/s1. The fourth-order valence-electron chi connectivity index (χ4n) is 3.55. The first kappa shape index (κ1) is 16.9. The average Bonchev–Trinajstić information content (AvgIpc) is 3.13. The number of rotatable bonds is 5. The van der Waals surface area contributed by atoms with Gasteiger partial charge >= 0.3 is 0 Å². The van der Waals surface area contributed by atoms with Crippen molar-refractivity contribution in [3.8, 4) is 0 Å².